The zero-order valence-electron chi connectivity index (χ0n) is 9.10. The molecule has 2 N–H and O–H groups in total. The standard InChI is InChI=1S/C13H12FNO.ClH/c14-11-6-7-13(10(8-11)9-15)16-12-4-2-1-3-5-12;/h1-8H,9,15H2;1H. The number of hydrogen-bond acceptors (Lipinski definition) is 2. The van der Waals surface area contributed by atoms with Crippen LogP contribution in [0.1, 0.15) is 5.56 Å². The second-order valence-corrected chi connectivity index (χ2v) is 3.37. The molecule has 0 heterocycles. The second kappa shape index (κ2) is 6.23. The highest BCUT2D eigenvalue weighted by atomic mass is 35.5. The maximum atomic E-state index is 13.0. The van der Waals surface area contributed by atoms with Crippen LogP contribution in [0.4, 0.5) is 4.39 Å². The number of benzene rings is 2. The quantitative estimate of drug-likeness (QED) is 0.909. The van der Waals surface area contributed by atoms with Gasteiger partial charge in [-0.2, -0.15) is 0 Å². The van der Waals surface area contributed by atoms with Crippen LogP contribution in [0.25, 0.3) is 0 Å². The minimum atomic E-state index is -0.305. The van der Waals surface area contributed by atoms with Crippen molar-refractivity contribution in [1.29, 1.82) is 0 Å². The Morgan fingerprint density at radius 2 is 1.76 bits per heavy atom. The van der Waals surface area contributed by atoms with E-state index in [2.05, 4.69) is 0 Å². The van der Waals surface area contributed by atoms with Crippen LogP contribution in [-0.4, -0.2) is 0 Å². The summed E-state index contributed by atoms with van der Waals surface area (Å²) >= 11 is 0. The fourth-order valence-corrected chi connectivity index (χ4v) is 1.42. The minimum absolute atomic E-state index is 0. The molecule has 0 fully saturated rings. The van der Waals surface area contributed by atoms with Gasteiger partial charge in [0, 0.05) is 12.1 Å². The summed E-state index contributed by atoms with van der Waals surface area (Å²) in [6, 6.07) is 13.7. The van der Waals surface area contributed by atoms with Crippen molar-refractivity contribution in [3.63, 3.8) is 0 Å². The number of nitrogens with two attached hydrogens (primary N) is 1. The molecule has 2 aromatic carbocycles. The average Bonchev–Trinajstić information content (AvgIpc) is 2.33. The van der Waals surface area contributed by atoms with Gasteiger partial charge in [-0.15, -0.1) is 12.4 Å². The zero-order chi connectivity index (χ0) is 11.4. The van der Waals surface area contributed by atoms with E-state index in [9.17, 15) is 4.39 Å². The average molecular weight is 254 g/mol. The minimum Gasteiger partial charge on any atom is -0.457 e. The zero-order valence-corrected chi connectivity index (χ0v) is 9.91. The van der Waals surface area contributed by atoms with Gasteiger partial charge in [0.1, 0.15) is 17.3 Å². The third kappa shape index (κ3) is 3.44. The number of rotatable bonds is 3. The first kappa shape index (κ1) is 13.5. The molecule has 2 nitrogen and oxygen atoms in total. The third-order valence-electron chi connectivity index (χ3n) is 2.21. The molecule has 0 saturated heterocycles. The van der Waals surface area contributed by atoms with Gasteiger partial charge >= 0.3 is 0 Å². The van der Waals surface area contributed by atoms with E-state index in [0.717, 1.165) is 0 Å². The Morgan fingerprint density at radius 1 is 1.06 bits per heavy atom. The summed E-state index contributed by atoms with van der Waals surface area (Å²) in [5.41, 5.74) is 6.18. The normalized spacial score (nSPS) is 9.53. The molecular weight excluding hydrogens is 241 g/mol. The van der Waals surface area contributed by atoms with Crippen molar-refractivity contribution >= 4 is 12.4 Å². The van der Waals surface area contributed by atoms with Crippen LogP contribution in [0.3, 0.4) is 0 Å². The Balaban J connectivity index is 0.00000144. The molecule has 0 spiro atoms. The lowest BCUT2D eigenvalue weighted by Gasteiger charge is -2.09. The molecule has 2 aromatic rings. The summed E-state index contributed by atoms with van der Waals surface area (Å²) in [5.74, 6) is 1.000. The Kier molecular flexibility index (Phi) is 4.94. The highest BCUT2D eigenvalue weighted by molar-refractivity contribution is 5.85. The summed E-state index contributed by atoms with van der Waals surface area (Å²) in [6.07, 6.45) is 0. The van der Waals surface area contributed by atoms with Gasteiger partial charge in [0.25, 0.3) is 0 Å². The molecule has 0 amide bonds. The van der Waals surface area contributed by atoms with Crippen molar-refractivity contribution < 1.29 is 9.13 Å². The van der Waals surface area contributed by atoms with E-state index < -0.39 is 0 Å². The SMILES string of the molecule is Cl.NCc1cc(F)ccc1Oc1ccccc1. The van der Waals surface area contributed by atoms with Crippen LogP contribution in [0, 0.1) is 5.82 Å². The van der Waals surface area contributed by atoms with Gasteiger partial charge in [-0.05, 0) is 30.3 Å². The fourth-order valence-electron chi connectivity index (χ4n) is 1.42. The monoisotopic (exact) mass is 253 g/mol. The molecule has 17 heavy (non-hydrogen) atoms. The van der Waals surface area contributed by atoms with Gasteiger partial charge in [-0.3, -0.25) is 0 Å². The van der Waals surface area contributed by atoms with Crippen molar-refractivity contribution in [2.45, 2.75) is 6.54 Å². The van der Waals surface area contributed by atoms with E-state index in [4.69, 9.17) is 10.5 Å². The van der Waals surface area contributed by atoms with Crippen LogP contribution >= 0.6 is 12.4 Å². The van der Waals surface area contributed by atoms with Gasteiger partial charge in [-0.1, -0.05) is 18.2 Å². The molecule has 0 atom stereocenters. The van der Waals surface area contributed by atoms with Gasteiger partial charge in [0.05, 0.1) is 0 Å². The smallest absolute Gasteiger partial charge is 0.132 e. The van der Waals surface area contributed by atoms with E-state index >= 15 is 0 Å². The molecule has 0 aliphatic rings. The highest BCUT2D eigenvalue weighted by Gasteiger charge is 2.04. The lowest BCUT2D eigenvalue weighted by Crippen LogP contribution is -2.00. The van der Waals surface area contributed by atoms with Gasteiger partial charge in [-0.25, -0.2) is 4.39 Å². The fraction of sp³-hybridized carbons (Fsp3) is 0.0769. The molecule has 2 rings (SSSR count). The van der Waals surface area contributed by atoms with Crippen LogP contribution in [0.15, 0.2) is 48.5 Å². The maximum Gasteiger partial charge on any atom is 0.132 e. The number of hydrogen-bond donors (Lipinski definition) is 1. The molecule has 4 heteroatoms. The first-order valence-electron chi connectivity index (χ1n) is 5.01. The molecule has 90 valence electrons. The van der Waals surface area contributed by atoms with Crippen LogP contribution in [0.5, 0.6) is 11.5 Å². The Hall–Kier alpha value is -1.58. The van der Waals surface area contributed by atoms with E-state index in [1.54, 1.807) is 6.07 Å². The van der Waals surface area contributed by atoms with Gasteiger partial charge in [0.15, 0.2) is 0 Å². The van der Waals surface area contributed by atoms with E-state index in [1.165, 1.54) is 12.1 Å². The number of para-hydroxylation sites is 1. The molecule has 0 aliphatic carbocycles. The molecule has 0 aromatic heterocycles. The molecule has 0 unspecified atom stereocenters. The largest absolute Gasteiger partial charge is 0.457 e. The molecule has 0 radical (unpaired) electrons. The van der Waals surface area contributed by atoms with E-state index in [1.807, 2.05) is 30.3 Å². The summed E-state index contributed by atoms with van der Waals surface area (Å²) in [6.45, 7) is 0.250. The van der Waals surface area contributed by atoms with Crippen LogP contribution in [-0.2, 0) is 6.54 Å². The number of halogens is 2. The van der Waals surface area contributed by atoms with Crippen molar-refractivity contribution in [2.24, 2.45) is 5.73 Å². The van der Waals surface area contributed by atoms with E-state index in [0.29, 0.717) is 17.1 Å². The highest BCUT2D eigenvalue weighted by Crippen LogP contribution is 2.25. The second-order valence-electron chi connectivity index (χ2n) is 3.37. The Morgan fingerprint density at radius 3 is 2.41 bits per heavy atom. The molecule has 0 aliphatic heterocycles. The topological polar surface area (TPSA) is 35.2 Å². The lowest BCUT2D eigenvalue weighted by atomic mass is 10.2. The van der Waals surface area contributed by atoms with Crippen molar-refractivity contribution in [2.75, 3.05) is 0 Å². The number of ether oxygens (including phenoxy) is 1. The first-order valence-corrected chi connectivity index (χ1v) is 5.01. The first-order chi connectivity index (χ1) is 7.79. The summed E-state index contributed by atoms with van der Waals surface area (Å²) < 4.78 is 18.6. The van der Waals surface area contributed by atoms with Gasteiger partial charge < -0.3 is 10.5 Å². The Bertz CT molecular complexity index is 476. The third-order valence-corrected chi connectivity index (χ3v) is 2.21. The van der Waals surface area contributed by atoms with Crippen LogP contribution < -0.4 is 10.5 Å². The predicted octanol–water partition coefficient (Wildman–Crippen LogP) is 3.50. The van der Waals surface area contributed by atoms with Crippen molar-refractivity contribution in [1.82, 2.24) is 0 Å². The maximum absolute atomic E-state index is 13.0. The van der Waals surface area contributed by atoms with Gasteiger partial charge in [0.2, 0.25) is 0 Å². The van der Waals surface area contributed by atoms with Crippen molar-refractivity contribution in [3.05, 3.63) is 59.9 Å². The van der Waals surface area contributed by atoms with Crippen molar-refractivity contribution in [3.8, 4) is 11.5 Å². The Labute approximate surface area is 106 Å². The molecular formula is C13H13ClFNO. The van der Waals surface area contributed by atoms with E-state index in [-0.39, 0.29) is 24.8 Å². The molecule has 0 saturated carbocycles. The summed E-state index contributed by atoms with van der Waals surface area (Å²) in [7, 11) is 0. The summed E-state index contributed by atoms with van der Waals surface area (Å²) in [4.78, 5) is 0. The lowest BCUT2D eigenvalue weighted by molar-refractivity contribution is 0.474. The predicted molar refractivity (Wildman–Crippen MR) is 68.1 cm³/mol. The van der Waals surface area contributed by atoms with Crippen LogP contribution in [0.2, 0.25) is 0 Å². The molecule has 0 bridgehead atoms. The summed E-state index contributed by atoms with van der Waals surface area (Å²) in [5, 5.41) is 0.